The quantitative estimate of drug-likeness (QED) is 0.0590. The van der Waals surface area contributed by atoms with Gasteiger partial charge in [-0.25, -0.2) is 27.2 Å². The molecule has 0 aliphatic carbocycles. The van der Waals surface area contributed by atoms with Gasteiger partial charge in [-0.3, -0.25) is 15.1 Å². The largest absolute Gasteiger partial charge is 0.453 e. The molecule has 312 valence electrons. The number of ether oxygens (including phenoxy) is 2. The van der Waals surface area contributed by atoms with Crippen molar-refractivity contribution in [2.24, 2.45) is 5.16 Å². The summed E-state index contributed by atoms with van der Waals surface area (Å²) in [5.41, 5.74) is 1.87. The van der Waals surface area contributed by atoms with Crippen molar-refractivity contribution in [2.45, 2.75) is 45.5 Å². The fourth-order valence-electron chi connectivity index (χ4n) is 4.28. The summed E-state index contributed by atoms with van der Waals surface area (Å²) in [6, 6.07) is 12.2. The highest BCUT2D eigenvalue weighted by Gasteiger charge is 2.59. The second-order valence-electron chi connectivity index (χ2n) is 11.3. The highest BCUT2D eigenvalue weighted by molar-refractivity contribution is 6.38. The Kier molecular flexibility index (Phi) is 16.4. The van der Waals surface area contributed by atoms with Crippen LogP contribution < -0.4 is 20.7 Å². The number of alkyl carbamates (subject to hydrolysis) is 1. The Morgan fingerprint density at radius 3 is 2.16 bits per heavy atom. The SMILES string of the molecule is COC(=O)NCc1cc(/C(C)=N/OCc2cccc(C)n2)ccc1Cl.O=C(NC(=O)c1c(F)cccc1F)Nc1cc(Cl)c(OC(F)(F)C(F)C(F)(F)F)c(Cl)c1F. The van der Waals surface area contributed by atoms with Crippen LogP contribution in [-0.2, 0) is 22.7 Å². The van der Waals surface area contributed by atoms with Crippen molar-refractivity contribution in [1.29, 1.82) is 0 Å². The van der Waals surface area contributed by atoms with Crippen LogP contribution in [0.2, 0.25) is 15.1 Å². The second kappa shape index (κ2) is 20.3. The van der Waals surface area contributed by atoms with E-state index in [0.717, 1.165) is 28.6 Å². The number of urea groups is 1. The van der Waals surface area contributed by atoms with Crippen molar-refractivity contribution in [1.82, 2.24) is 15.6 Å². The van der Waals surface area contributed by atoms with Crippen LogP contribution >= 0.6 is 34.8 Å². The number of imide groups is 1. The minimum absolute atomic E-state index is 0.265. The van der Waals surface area contributed by atoms with Gasteiger partial charge in [0, 0.05) is 17.3 Å². The maximum absolute atomic E-state index is 14.3. The van der Waals surface area contributed by atoms with Crippen LogP contribution in [0.1, 0.15) is 39.8 Å². The Bertz CT molecular complexity index is 2160. The van der Waals surface area contributed by atoms with E-state index in [1.165, 1.54) is 12.4 Å². The normalized spacial score (nSPS) is 12.1. The fourth-order valence-corrected chi connectivity index (χ4v) is 4.99. The summed E-state index contributed by atoms with van der Waals surface area (Å²) >= 11 is 17.1. The number of benzene rings is 3. The van der Waals surface area contributed by atoms with Crippen molar-refractivity contribution in [3.05, 3.63) is 121 Å². The molecule has 0 saturated carbocycles. The van der Waals surface area contributed by atoms with Gasteiger partial charge in [0.05, 0.1) is 29.2 Å². The monoisotopic (exact) mass is 889 g/mol. The summed E-state index contributed by atoms with van der Waals surface area (Å²) < 4.78 is 126. The molecule has 3 N–H and O–H groups in total. The van der Waals surface area contributed by atoms with Gasteiger partial charge in [0.2, 0.25) is 0 Å². The number of nitrogens with one attached hydrogen (secondary N) is 3. The summed E-state index contributed by atoms with van der Waals surface area (Å²) in [7, 11) is 1.31. The van der Waals surface area contributed by atoms with Gasteiger partial charge < -0.3 is 24.9 Å². The first-order valence-electron chi connectivity index (χ1n) is 15.8. The summed E-state index contributed by atoms with van der Waals surface area (Å²) in [4.78, 5) is 44.6. The molecule has 3 aromatic carbocycles. The number of aryl methyl sites for hydroxylation is 1. The van der Waals surface area contributed by atoms with E-state index in [-0.39, 0.29) is 6.54 Å². The molecule has 0 bridgehead atoms. The van der Waals surface area contributed by atoms with Gasteiger partial charge in [0.1, 0.15) is 22.2 Å². The Morgan fingerprint density at radius 1 is 0.914 bits per heavy atom. The average Bonchev–Trinajstić information content (AvgIpc) is 3.14. The molecule has 1 unspecified atom stereocenters. The zero-order chi connectivity index (χ0) is 43.5. The van der Waals surface area contributed by atoms with Gasteiger partial charge in [-0.05, 0) is 67.4 Å². The standard InChI is InChI=1S/C18H20ClN3O3.C17H7Cl2F9N2O3/c1-12-5-4-6-16(21-12)11-25-22-13(2)14-7-8-17(19)15(9-14)10-20-18(23)24-3;18-5-4-8(29-15(32)30-13(31)9-6(20)2-1-3-7(9)21)11(22)10(19)12(5)33-17(27,28)14(23)16(24,25)26/h4-9H,10-11H2,1-3H3,(H,20,23);1-4,14H,(H2,29,30,31,32)/b22-13+;. The number of carbonyl (C=O) groups excluding carboxylic acids is 3. The van der Waals surface area contributed by atoms with E-state index in [1.807, 2.05) is 44.2 Å². The van der Waals surface area contributed by atoms with Crippen LogP contribution in [0.15, 0.2) is 65.8 Å². The predicted molar refractivity (Wildman–Crippen MR) is 192 cm³/mol. The summed E-state index contributed by atoms with van der Waals surface area (Å²) in [6.07, 6.45) is -17.0. The molecule has 1 atom stereocenters. The molecule has 11 nitrogen and oxygen atoms in total. The Labute approximate surface area is 337 Å². The lowest BCUT2D eigenvalue weighted by atomic mass is 10.1. The molecule has 0 radical (unpaired) electrons. The molecular formula is C35H27Cl3F9N5O6. The maximum atomic E-state index is 14.3. The van der Waals surface area contributed by atoms with E-state index >= 15 is 0 Å². The molecule has 0 spiro atoms. The zero-order valence-corrected chi connectivity index (χ0v) is 31.9. The van der Waals surface area contributed by atoms with Crippen LogP contribution in [0, 0.1) is 24.4 Å². The predicted octanol–water partition coefficient (Wildman–Crippen LogP) is 10.1. The van der Waals surface area contributed by atoms with Gasteiger partial charge in [-0.15, -0.1) is 0 Å². The number of aromatic nitrogens is 1. The van der Waals surface area contributed by atoms with E-state index in [1.54, 1.807) is 11.4 Å². The van der Waals surface area contributed by atoms with Gasteiger partial charge >= 0.3 is 24.4 Å². The van der Waals surface area contributed by atoms with E-state index in [0.29, 0.717) is 35.5 Å². The summed E-state index contributed by atoms with van der Waals surface area (Å²) in [5, 5.41) is 7.73. The molecule has 23 heteroatoms. The van der Waals surface area contributed by atoms with E-state index < -0.39 is 81.0 Å². The number of amides is 4. The van der Waals surface area contributed by atoms with Crippen molar-refractivity contribution in [3.63, 3.8) is 0 Å². The molecule has 4 amide bonds. The molecule has 0 aliphatic rings. The van der Waals surface area contributed by atoms with Crippen molar-refractivity contribution < 1.29 is 68.2 Å². The lowest BCUT2D eigenvalue weighted by Crippen LogP contribution is -2.45. The molecule has 1 heterocycles. The number of anilines is 1. The summed E-state index contributed by atoms with van der Waals surface area (Å²) in [5.74, 6) is -7.67. The molecule has 0 saturated heterocycles. The first-order chi connectivity index (χ1) is 27.0. The molecule has 1 aromatic heterocycles. The zero-order valence-electron chi connectivity index (χ0n) is 29.6. The average molecular weight is 891 g/mol. The first-order valence-corrected chi connectivity index (χ1v) is 16.9. The highest BCUT2D eigenvalue weighted by atomic mass is 35.5. The van der Waals surface area contributed by atoms with Crippen LogP contribution in [0.3, 0.4) is 0 Å². The Hall–Kier alpha value is -5.47. The van der Waals surface area contributed by atoms with Crippen LogP contribution in [0.25, 0.3) is 0 Å². The lowest BCUT2D eigenvalue weighted by Gasteiger charge is -2.24. The van der Waals surface area contributed by atoms with Gasteiger partial charge in [0.25, 0.3) is 12.1 Å². The third-order valence-electron chi connectivity index (χ3n) is 7.03. The smallest absolute Gasteiger partial charge is 0.439 e. The fraction of sp³-hybridized carbons (Fsp3) is 0.229. The topological polar surface area (TPSA) is 140 Å². The Morgan fingerprint density at radius 2 is 1.55 bits per heavy atom. The van der Waals surface area contributed by atoms with Gasteiger partial charge in [-0.1, -0.05) is 58.2 Å². The number of hydrogen-bond acceptors (Lipinski definition) is 8. The Balaban J connectivity index is 0.000000322. The molecule has 0 fully saturated rings. The van der Waals surface area contributed by atoms with Gasteiger partial charge in [0.15, 0.2) is 18.2 Å². The van der Waals surface area contributed by atoms with Crippen molar-refractivity contribution >= 4 is 64.2 Å². The van der Waals surface area contributed by atoms with Crippen LogP contribution in [-0.4, -0.2) is 54.3 Å². The first kappa shape index (κ1) is 46.9. The number of hydrogen-bond donors (Lipinski definition) is 3. The minimum Gasteiger partial charge on any atom is -0.453 e. The molecule has 0 aliphatic heterocycles. The minimum atomic E-state index is -6.05. The number of nitrogens with zero attached hydrogens (tertiary/aromatic N) is 2. The number of oxime groups is 1. The summed E-state index contributed by atoms with van der Waals surface area (Å²) in [6.45, 7) is 4.32. The van der Waals surface area contributed by atoms with E-state index in [4.69, 9.17) is 39.6 Å². The second-order valence-corrected chi connectivity index (χ2v) is 12.5. The molecule has 4 rings (SSSR count). The third kappa shape index (κ3) is 13.0. The number of pyridine rings is 1. The number of methoxy groups -OCH3 is 1. The molecule has 4 aromatic rings. The number of alkyl halides is 6. The molecule has 58 heavy (non-hydrogen) atoms. The molecular weight excluding hydrogens is 864 g/mol. The number of carbonyl (C=O) groups is 3. The van der Waals surface area contributed by atoms with Crippen molar-refractivity contribution in [3.8, 4) is 5.75 Å². The van der Waals surface area contributed by atoms with Crippen LogP contribution in [0.4, 0.5) is 54.8 Å². The van der Waals surface area contributed by atoms with Crippen molar-refractivity contribution in [2.75, 3.05) is 12.4 Å². The van der Waals surface area contributed by atoms with E-state index in [2.05, 4.69) is 24.9 Å². The lowest BCUT2D eigenvalue weighted by molar-refractivity contribution is -0.304. The maximum Gasteiger partial charge on any atom is 0.439 e. The third-order valence-corrected chi connectivity index (χ3v) is 8.02. The van der Waals surface area contributed by atoms with Gasteiger partial charge in [-0.2, -0.15) is 22.0 Å². The number of rotatable bonds is 11. The highest BCUT2D eigenvalue weighted by Crippen LogP contribution is 2.44. The van der Waals surface area contributed by atoms with Crippen LogP contribution in [0.5, 0.6) is 5.75 Å². The number of halogens is 12. The van der Waals surface area contributed by atoms with E-state index in [9.17, 15) is 53.9 Å².